The van der Waals surface area contributed by atoms with Crippen LogP contribution in [0.5, 0.6) is 11.5 Å². The number of phenolic OH excluding ortho intramolecular Hbond substituents is 2. The van der Waals surface area contributed by atoms with Crippen LogP contribution in [-0.2, 0) is 5.54 Å². The Balaban J connectivity index is 2.27. The molecular weight excluding hydrogens is 280 g/mol. The predicted molar refractivity (Wildman–Crippen MR) is 83.4 cm³/mol. The molecule has 0 heterocycles. The fraction of sp³-hybridized carbons (Fsp3) is 0.118. The number of hydrogen-bond acceptors (Lipinski definition) is 3. The molecule has 0 saturated carbocycles. The van der Waals surface area contributed by atoms with Gasteiger partial charge in [-0.25, -0.2) is 4.79 Å². The van der Waals surface area contributed by atoms with Gasteiger partial charge in [0.15, 0.2) is 0 Å². The van der Waals surface area contributed by atoms with Gasteiger partial charge in [-0.3, -0.25) is 0 Å². The Bertz CT molecular complexity index is 770. The second-order valence-electron chi connectivity index (χ2n) is 5.29. The normalized spacial score (nSPS) is 19.5. The molecule has 5 nitrogen and oxygen atoms in total. The first-order valence-electron chi connectivity index (χ1n) is 6.89. The zero-order valence-electron chi connectivity index (χ0n) is 11.8. The van der Waals surface area contributed by atoms with Crippen molar-refractivity contribution in [3.05, 3.63) is 65.2 Å². The van der Waals surface area contributed by atoms with Crippen molar-refractivity contribution in [1.82, 2.24) is 5.32 Å². The van der Waals surface area contributed by atoms with Gasteiger partial charge >= 0.3 is 6.03 Å². The number of aromatic hydroxyl groups is 2. The molecule has 1 aliphatic carbocycles. The van der Waals surface area contributed by atoms with Crippen LogP contribution >= 0.6 is 0 Å². The lowest BCUT2D eigenvalue weighted by Crippen LogP contribution is -2.49. The first kappa shape index (κ1) is 14.0. The van der Waals surface area contributed by atoms with Crippen LogP contribution in [0.15, 0.2) is 48.5 Å². The molecule has 5 heteroatoms. The molecule has 0 spiro atoms. The van der Waals surface area contributed by atoms with E-state index in [2.05, 4.69) is 5.32 Å². The van der Waals surface area contributed by atoms with E-state index in [4.69, 9.17) is 5.73 Å². The average molecular weight is 296 g/mol. The third-order valence-corrected chi connectivity index (χ3v) is 3.92. The Morgan fingerprint density at radius 3 is 2.64 bits per heavy atom. The summed E-state index contributed by atoms with van der Waals surface area (Å²) in [5, 5.41) is 22.6. The Hall–Kier alpha value is -2.95. The van der Waals surface area contributed by atoms with Crippen molar-refractivity contribution in [2.45, 2.75) is 12.0 Å². The molecule has 1 unspecified atom stereocenters. The lowest BCUT2D eigenvalue weighted by Gasteiger charge is -2.38. The van der Waals surface area contributed by atoms with E-state index in [9.17, 15) is 15.0 Å². The molecule has 5 N–H and O–H groups in total. The van der Waals surface area contributed by atoms with Crippen LogP contribution in [0.25, 0.3) is 6.08 Å². The van der Waals surface area contributed by atoms with Crippen molar-refractivity contribution in [1.29, 1.82) is 0 Å². The van der Waals surface area contributed by atoms with E-state index in [1.54, 1.807) is 6.07 Å². The number of carbonyl (C=O) groups excluding carboxylic acids is 1. The maximum Gasteiger partial charge on any atom is 0.313 e. The number of rotatable bonds is 2. The molecule has 22 heavy (non-hydrogen) atoms. The van der Waals surface area contributed by atoms with Crippen molar-refractivity contribution >= 4 is 12.1 Å². The summed E-state index contributed by atoms with van der Waals surface area (Å²) in [6.45, 7) is 0. The number of primary amides is 1. The summed E-state index contributed by atoms with van der Waals surface area (Å²) in [6, 6.07) is 11.2. The molecule has 2 aromatic rings. The summed E-state index contributed by atoms with van der Waals surface area (Å²) >= 11 is 0. The Labute approximate surface area is 127 Å². The number of carbonyl (C=O) groups is 1. The van der Waals surface area contributed by atoms with Gasteiger partial charge in [-0.2, -0.15) is 0 Å². The highest BCUT2D eigenvalue weighted by Gasteiger charge is 2.39. The van der Waals surface area contributed by atoms with Crippen LogP contribution in [0.2, 0.25) is 0 Å². The summed E-state index contributed by atoms with van der Waals surface area (Å²) in [5.74, 6) is -0.144. The number of nitrogens with one attached hydrogen (secondary N) is 1. The van der Waals surface area contributed by atoms with Gasteiger partial charge in [-0.1, -0.05) is 36.4 Å². The minimum absolute atomic E-state index is 0.0462. The first-order valence-corrected chi connectivity index (χ1v) is 6.89. The highest BCUT2D eigenvalue weighted by Crippen LogP contribution is 2.43. The van der Waals surface area contributed by atoms with E-state index in [0.29, 0.717) is 12.0 Å². The van der Waals surface area contributed by atoms with Gasteiger partial charge in [0.1, 0.15) is 11.5 Å². The number of fused-ring (bicyclic) bond motifs is 1. The van der Waals surface area contributed by atoms with E-state index in [1.807, 2.05) is 36.4 Å². The molecule has 0 saturated heterocycles. The fourth-order valence-corrected chi connectivity index (χ4v) is 3.04. The standard InChI is InChI=1S/C17H16N2O3/c18-16(22)19-17(14-8-7-12(20)10-15(14)21)9-3-5-11-4-1-2-6-13(11)17/h1-8,10,20-21H,9H2,(H3,18,19,22). The molecule has 0 aliphatic heterocycles. The van der Waals surface area contributed by atoms with E-state index in [1.165, 1.54) is 12.1 Å². The molecule has 0 aromatic heterocycles. The lowest BCUT2D eigenvalue weighted by atomic mass is 9.75. The van der Waals surface area contributed by atoms with E-state index in [0.717, 1.165) is 11.1 Å². The molecule has 0 radical (unpaired) electrons. The number of urea groups is 1. The Kier molecular flexibility index (Phi) is 3.25. The quantitative estimate of drug-likeness (QED) is 0.685. The summed E-state index contributed by atoms with van der Waals surface area (Å²) in [6.07, 6.45) is 4.34. The third-order valence-electron chi connectivity index (χ3n) is 3.92. The average Bonchev–Trinajstić information content (AvgIpc) is 2.47. The van der Waals surface area contributed by atoms with E-state index >= 15 is 0 Å². The van der Waals surface area contributed by atoms with Gasteiger partial charge in [0.25, 0.3) is 0 Å². The molecule has 2 amide bonds. The maximum atomic E-state index is 11.6. The molecule has 2 aromatic carbocycles. The van der Waals surface area contributed by atoms with Crippen LogP contribution in [0.3, 0.4) is 0 Å². The van der Waals surface area contributed by atoms with Crippen LogP contribution in [0, 0.1) is 0 Å². The monoisotopic (exact) mass is 296 g/mol. The fourth-order valence-electron chi connectivity index (χ4n) is 3.04. The van der Waals surface area contributed by atoms with Gasteiger partial charge in [-0.15, -0.1) is 0 Å². The van der Waals surface area contributed by atoms with Gasteiger partial charge in [0.05, 0.1) is 5.54 Å². The highest BCUT2D eigenvalue weighted by molar-refractivity contribution is 5.76. The van der Waals surface area contributed by atoms with E-state index in [-0.39, 0.29) is 11.5 Å². The molecule has 1 atom stereocenters. The van der Waals surface area contributed by atoms with Crippen molar-refractivity contribution in [3.63, 3.8) is 0 Å². The van der Waals surface area contributed by atoms with Crippen molar-refractivity contribution in [2.75, 3.05) is 0 Å². The second-order valence-corrected chi connectivity index (χ2v) is 5.29. The summed E-state index contributed by atoms with van der Waals surface area (Å²) in [5.41, 5.74) is 6.69. The smallest absolute Gasteiger partial charge is 0.313 e. The summed E-state index contributed by atoms with van der Waals surface area (Å²) in [7, 11) is 0. The molecular formula is C17H16N2O3. The number of hydrogen-bond donors (Lipinski definition) is 4. The van der Waals surface area contributed by atoms with Gasteiger partial charge < -0.3 is 21.3 Å². The molecule has 0 fully saturated rings. The summed E-state index contributed by atoms with van der Waals surface area (Å²) < 4.78 is 0. The third kappa shape index (κ3) is 2.16. The molecule has 3 rings (SSSR count). The zero-order valence-corrected chi connectivity index (χ0v) is 11.8. The van der Waals surface area contributed by atoms with Gasteiger partial charge in [-0.05, 0) is 29.7 Å². The predicted octanol–water partition coefficient (Wildman–Crippen LogP) is 2.43. The SMILES string of the molecule is NC(=O)NC1(c2ccc(O)cc2O)CC=Cc2ccccc21. The largest absolute Gasteiger partial charge is 0.508 e. The van der Waals surface area contributed by atoms with Crippen molar-refractivity contribution in [3.8, 4) is 11.5 Å². The van der Waals surface area contributed by atoms with E-state index < -0.39 is 11.6 Å². The van der Waals surface area contributed by atoms with Crippen molar-refractivity contribution in [2.24, 2.45) is 5.73 Å². The topological polar surface area (TPSA) is 95.6 Å². The van der Waals surface area contributed by atoms with Gasteiger partial charge in [0, 0.05) is 11.6 Å². The maximum absolute atomic E-state index is 11.6. The minimum Gasteiger partial charge on any atom is -0.508 e. The Morgan fingerprint density at radius 1 is 1.14 bits per heavy atom. The van der Waals surface area contributed by atoms with Crippen LogP contribution in [0.4, 0.5) is 4.79 Å². The Morgan fingerprint density at radius 2 is 1.91 bits per heavy atom. The molecule has 112 valence electrons. The number of amides is 2. The first-order chi connectivity index (χ1) is 10.5. The van der Waals surface area contributed by atoms with Crippen molar-refractivity contribution < 1.29 is 15.0 Å². The van der Waals surface area contributed by atoms with Crippen LogP contribution < -0.4 is 11.1 Å². The number of phenols is 2. The zero-order chi connectivity index (χ0) is 15.7. The number of benzene rings is 2. The van der Waals surface area contributed by atoms with Crippen LogP contribution in [-0.4, -0.2) is 16.2 Å². The minimum atomic E-state index is -0.963. The second kappa shape index (κ2) is 5.11. The lowest BCUT2D eigenvalue weighted by molar-refractivity contribution is 0.238. The molecule has 1 aliphatic rings. The molecule has 0 bridgehead atoms. The summed E-state index contributed by atoms with van der Waals surface area (Å²) in [4.78, 5) is 11.6. The number of nitrogens with two attached hydrogens (primary N) is 1. The highest BCUT2D eigenvalue weighted by atomic mass is 16.3. The van der Waals surface area contributed by atoms with Gasteiger partial charge in [0.2, 0.25) is 0 Å². The van der Waals surface area contributed by atoms with Crippen LogP contribution in [0.1, 0.15) is 23.1 Å².